The standard InChI is InChI=1S/C13H19N5O/c1-10-8-11(18(16-10)13(2,3)4)15-12(19)17-7-5-6-14-9-17/h5-8H,9H2,1-4H3,(H,15,19). The molecule has 0 bridgehead atoms. The fourth-order valence-corrected chi connectivity index (χ4v) is 1.80. The molecule has 0 fully saturated rings. The van der Waals surface area contributed by atoms with E-state index in [1.165, 1.54) is 4.90 Å². The Morgan fingerprint density at radius 3 is 2.74 bits per heavy atom. The minimum Gasteiger partial charge on any atom is -0.292 e. The molecular weight excluding hydrogens is 242 g/mol. The molecule has 0 saturated heterocycles. The molecule has 1 aliphatic rings. The van der Waals surface area contributed by atoms with Crippen LogP contribution in [-0.4, -0.2) is 33.6 Å². The van der Waals surface area contributed by atoms with Crippen LogP contribution in [0.5, 0.6) is 0 Å². The van der Waals surface area contributed by atoms with Crippen molar-refractivity contribution in [2.45, 2.75) is 33.2 Å². The number of aryl methyl sites for hydroxylation is 1. The number of amides is 2. The van der Waals surface area contributed by atoms with E-state index in [1.807, 2.05) is 38.4 Å². The van der Waals surface area contributed by atoms with E-state index in [0.29, 0.717) is 12.5 Å². The van der Waals surface area contributed by atoms with E-state index in [0.717, 1.165) is 5.69 Å². The van der Waals surface area contributed by atoms with Gasteiger partial charge < -0.3 is 0 Å². The fraction of sp³-hybridized carbons (Fsp3) is 0.462. The summed E-state index contributed by atoms with van der Waals surface area (Å²) in [4.78, 5) is 17.6. The number of rotatable bonds is 1. The Morgan fingerprint density at radius 2 is 2.16 bits per heavy atom. The molecular formula is C13H19N5O. The first kappa shape index (κ1) is 13.3. The molecule has 6 nitrogen and oxygen atoms in total. The highest BCUT2D eigenvalue weighted by molar-refractivity contribution is 5.90. The molecule has 0 saturated carbocycles. The first-order valence-electron chi connectivity index (χ1n) is 6.19. The van der Waals surface area contributed by atoms with Crippen LogP contribution >= 0.6 is 0 Å². The minimum atomic E-state index is -0.210. The average molecular weight is 261 g/mol. The van der Waals surface area contributed by atoms with Gasteiger partial charge >= 0.3 is 6.03 Å². The molecule has 1 N–H and O–H groups in total. The molecule has 2 rings (SSSR count). The number of nitrogens with zero attached hydrogens (tertiary/aromatic N) is 4. The van der Waals surface area contributed by atoms with Crippen LogP contribution in [0.15, 0.2) is 23.3 Å². The lowest BCUT2D eigenvalue weighted by Crippen LogP contribution is -2.34. The van der Waals surface area contributed by atoms with Crippen molar-refractivity contribution < 1.29 is 4.79 Å². The maximum atomic E-state index is 12.1. The average Bonchev–Trinajstić information content (AvgIpc) is 2.71. The van der Waals surface area contributed by atoms with Gasteiger partial charge in [-0.2, -0.15) is 5.10 Å². The van der Waals surface area contributed by atoms with Crippen molar-refractivity contribution >= 4 is 18.1 Å². The third kappa shape index (κ3) is 3.01. The predicted molar refractivity (Wildman–Crippen MR) is 75.3 cm³/mol. The summed E-state index contributed by atoms with van der Waals surface area (Å²) in [5, 5.41) is 7.29. The van der Waals surface area contributed by atoms with Gasteiger partial charge in [0.2, 0.25) is 0 Å². The second kappa shape index (κ2) is 4.87. The summed E-state index contributed by atoms with van der Waals surface area (Å²) in [6.07, 6.45) is 5.11. The van der Waals surface area contributed by atoms with Gasteiger partial charge in [0.1, 0.15) is 12.5 Å². The Bertz CT molecular complexity index is 536. The van der Waals surface area contributed by atoms with Gasteiger partial charge in [0.05, 0.1) is 11.2 Å². The van der Waals surface area contributed by atoms with E-state index < -0.39 is 0 Å². The second-order valence-electron chi connectivity index (χ2n) is 5.47. The third-order valence-corrected chi connectivity index (χ3v) is 2.65. The van der Waals surface area contributed by atoms with E-state index in [2.05, 4.69) is 15.4 Å². The minimum absolute atomic E-state index is 0.188. The number of carbonyl (C=O) groups is 1. The smallest absolute Gasteiger partial charge is 0.292 e. The zero-order chi connectivity index (χ0) is 14.0. The number of hydrogen-bond donors (Lipinski definition) is 1. The van der Waals surface area contributed by atoms with E-state index in [1.54, 1.807) is 18.5 Å². The summed E-state index contributed by atoms with van der Waals surface area (Å²) < 4.78 is 1.82. The van der Waals surface area contributed by atoms with Gasteiger partial charge in [-0.1, -0.05) is 0 Å². The normalized spacial score (nSPS) is 14.8. The highest BCUT2D eigenvalue weighted by Gasteiger charge is 2.21. The lowest BCUT2D eigenvalue weighted by molar-refractivity contribution is 0.229. The quantitative estimate of drug-likeness (QED) is 0.843. The molecule has 1 aliphatic heterocycles. The summed E-state index contributed by atoms with van der Waals surface area (Å²) >= 11 is 0. The van der Waals surface area contributed by atoms with Crippen molar-refractivity contribution in [3.05, 3.63) is 24.0 Å². The largest absolute Gasteiger partial charge is 0.328 e. The van der Waals surface area contributed by atoms with Crippen LogP contribution in [0.2, 0.25) is 0 Å². The van der Waals surface area contributed by atoms with E-state index in [-0.39, 0.29) is 11.6 Å². The third-order valence-electron chi connectivity index (χ3n) is 2.65. The van der Waals surface area contributed by atoms with Crippen LogP contribution in [0.3, 0.4) is 0 Å². The Hall–Kier alpha value is -2.11. The summed E-state index contributed by atoms with van der Waals surface area (Å²) in [5.74, 6) is 0.693. The van der Waals surface area contributed by atoms with Gasteiger partial charge in [-0.3, -0.25) is 15.2 Å². The monoisotopic (exact) mass is 261 g/mol. The maximum absolute atomic E-state index is 12.1. The molecule has 0 aromatic carbocycles. The van der Waals surface area contributed by atoms with E-state index >= 15 is 0 Å². The topological polar surface area (TPSA) is 62.5 Å². The first-order valence-corrected chi connectivity index (χ1v) is 6.19. The van der Waals surface area contributed by atoms with Crippen molar-refractivity contribution in [3.8, 4) is 0 Å². The SMILES string of the molecule is Cc1cc(NC(=O)N2C=CC=NC2)n(C(C)(C)C)n1. The van der Waals surface area contributed by atoms with Crippen LogP contribution in [0.4, 0.5) is 10.6 Å². The molecule has 0 aliphatic carbocycles. The van der Waals surface area contributed by atoms with Crippen molar-refractivity contribution in [1.82, 2.24) is 14.7 Å². The van der Waals surface area contributed by atoms with Crippen LogP contribution in [0.25, 0.3) is 0 Å². The Labute approximate surface area is 112 Å². The summed E-state index contributed by atoms with van der Waals surface area (Å²) in [6.45, 7) is 8.37. The lowest BCUT2D eigenvalue weighted by Gasteiger charge is -2.24. The highest BCUT2D eigenvalue weighted by Crippen LogP contribution is 2.21. The highest BCUT2D eigenvalue weighted by atomic mass is 16.2. The Morgan fingerprint density at radius 1 is 1.42 bits per heavy atom. The number of carbonyl (C=O) groups excluding carboxylic acids is 1. The number of urea groups is 1. The van der Waals surface area contributed by atoms with Gasteiger partial charge in [0.25, 0.3) is 0 Å². The molecule has 19 heavy (non-hydrogen) atoms. The van der Waals surface area contributed by atoms with Crippen LogP contribution in [0, 0.1) is 6.92 Å². The zero-order valence-electron chi connectivity index (χ0n) is 11.7. The number of aromatic nitrogens is 2. The molecule has 0 unspecified atom stereocenters. The molecule has 2 heterocycles. The lowest BCUT2D eigenvalue weighted by atomic mass is 10.1. The van der Waals surface area contributed by atoms with Gasteiger partial charge in [0.15, 0.2) is 0 Å². The van der Waals surface area contributed by atoms with Gasteiger partial charge in [0, 0.05) is 18.5 Å². The molecule has 2 amide bonds. The van der Waals surface area contributed by atoms with Crippen molar-refractivity contribution in [2.75, 3.05) is 12.0 Å². The number of aliphatic imine (C=N–C) groups is 1. The zero-order valence-corrected chi connectivity index (χ0v) is 11.7. The molecule has 0 spiro atoms. The van der Waals surface area contributed by atoms with Crippen LogP contribution < -0.4 is 5.32 Å². The van der Waals surface area contributed by atoms with Gasteiger partial charge in [-0.05, 0) is 33.8 Å². The van der Waals surface area contributed by atoms with E-state index in [4.69, 9.17) is 0 Å². The van der Waals surface area contributed by atoms with Crippen molar-refractivity contribution in [2.24, 2.45) is 4.99 Å². The van der Waals surface area contributed by atoms with Gasteiger partial charge in [-0.15, -0.1) is 0 Å². The number of hydrogen-bond acceptors (Lipinski definition) is 3. The molecule has 6 heteroatoms. The summed E-state index contributed by atoms with van der Waals surface area (Å²) in [6, 6.07) is 1.65. The maximum Gasteiger partial charge on any atom is 0.328 e. The van der Waals surface area contributed by atoms with Crippen LogP contribution in [-0.2, 0) is 5.54 Å². The van der Waals surface area contributed by atoms with Gasteiger partial charge in [-0.25, -0.2) is 9.48 Å². The van der Waals surface area contributed by atoms with Crippen molar-refractivity contribution in [3.63, 3.8) is 0 Å². The Balaban J connectivity index is 2.17. The molecule has 102 valence electrons. The number of allylic oxidation sites excluding steroid dienone is 1. The first-order chi connectivity index (χ1) is 8.88. The Kier molecular flexibility index (Phi) is 3.42. The molecule has 0 radical (unpaired) electrons. The summed E-state index contributed by atoms with van der Waals surface area (Å²) in [5.41, 5.74) is 0.685. The van der Waals surface area contributed by atoms with E-state index in [9.17, 15) is 4.79 Å². The fourth-order valence-electron chi connectivity index (χ4n) is 1.80. The summed E-state index contributed by atoms with van der Waals surface area (Å²) in [7, 11) is 0. The van der Waals surface area contributed by atoms with Crippen LogP contribution in [0.1, 0.15) is 26.5 Å². The molecule has 0 atom stereocenters. The molecule has 1 aromatic rings. The number of nitrogens with one attached hydrogen (secondary N) is 1. The predicted octanol–water partition coefficient (Wildman–Crippen LogP) is 2.34. The second-order valence-corrected chi connectivity index (χ2v) is 5.47. The molecule has 1 aromatic heterocycles. The number of anilines is 1. The van der Waals surface area contributed by atoms with Crippen molar-refractivity contribution in [1.29, 1.82) is 0 Å².